The molecule has 0 unspecified atom stereocenters. The van der Waals surface area contributed by atoms with Gasteiger partial charge in [0.2, 0.25) is 0 Å². The summed E-state index contributed by atoms with van der Waals surface area (Å²) in [5.74, 6) is 0.454. The van der Waals surface area contributed by atoms with Crippen molar-refractivity contribution >= 4 is 45.8 Å². The third kappa shape index (κ3) is 12.2. The topological polar surface area (TPSA) is 131 Å². The van der Waals surface area contributed by atoms with Crippen molar-refractivity contribution in [3.63, 3.8) is 0 Å². The summed E-state index contributed by atoms with van der Waals surface area (Å²) in [4.78, 5) is 48.3. The molecule has 0 aliphatic heterocycles. The van der Waals surface area contributed by atoms with Gasteiger partial charge in [-0.05, 0) is 45.9 Å². The average molecular weight is 900 g/mol. The number of para-hydroxylation sites is 2. The van der Waals surface area contributed by atoms with Crippen molar-refractivity contribution in [2.75, 3.05) is 8.46 Å². The Morgan fingerprint density at radius 3 is 0.926 bits per heavy atom. The molecule has 14 heteroatoms. The van der Waals surface area contributed by atoms with Crippen LogP contribution in [-0.4, -0.2) is 53.6 Å². The number of hydrogen-bond acceptors (Lipinski definition) is 9. The second-order valence-electron chi connectivity index (χ2n) is 17.6. The van der Waals surface area contributed by atoms with Crippen LogP contribution in [-0.2, 0) is 29.4 Å². The zero-order valence-corrected chi connectivity index (χ0v) is 42.6. The molecular formula is C40H71MoN2O7Si4-. The quantitative estimate of drug-likeness (QED) is 0.104. The monoisotopic (exact) mass is 901 g/mol. The fraction of sp³-hybridized carbons (Fsp3) is 0.575. The number of anilines is 2. The van der Waals surface area contributed by atoms with Gasteiger partial charge in [0.05, 0.1) is 0 Å². The summed E-state index contributed by atoms with van der Waals surface area (Å²) in [6.07, 6.45) is 0. The van der Waals surface area contributed by atoms with Gasteiger partial charge in [0.25, 0.3) is 0 Å². The Balaban J connectivity index is 0.000000944. The van der Waals surface area contributed by atoms with Crippen LogP contribution in [0.5, 0.6) is 0 Å². The van der Waals surface area contributed by atoms with Gasteiger partial charge >= 0.3 is 43.2 Å². The van der Waals surface area contributed by atoms with Crippen LogP contribution in [0.4, 0.5) is 11.4 Å². The van der Waals surface area contributed by atoms with Crippen LogP contribution >= 0.6 is 0 Å². The van der Waals surface area contributed by atoms with E-state index in [1.807, 2.05) is 75.7 Å². The number of hydrogen-bond donors (Lipinski definition) is 4. The van der Waals surface area contributed by atoms with Crippen molar-refractivity contribution in [2.45, 2.75) is 153 Å². The first-order valence-corrected chi connectivity index (χ1v) is 31.0. The van der Waals surface area contributed by atoms with Gasteiger partial charge in [0.1, 0.15) is 16.5 Å². The second kappa shape index (κ2) is 19.7. The van der Waals surface area contributed by atoms with E-state index in [1.54, 1.807) is 8.46 Å². The molecule has 0 aliphatic rings. The van der Waals surface area contributed by atoms with Crippen molar-refractivity contribution < 1.29 is 48.6 Å². The summed E-state index contributed by atoms with van der Waals surface area (Å²) >= 11 is -2.03. The molecule has 0 radical (unpaired) electrons. The molecule has 0 fully saturated rings. The molecule has 0 bridgehead atoms. The van der Waals surface area contributed by atoms with Crippen LogP contribution in [0.25, 0.3) is 0 Å². The zero-order chi connectivity index (χ0) is 42.5. The first-order chi connectivity index (χ1) is 24.4. The fourth-order valence-electron chi connectivity index (χ4n) is 7.06. The van der Waals surface area contributed by atoms with Crippen LogP contribution in [0, 0.1) is 34.6 Å². The Morgan fingerprint density at radius 2 is 0.778 bits per heavy atom. The van der Waals surface area contributed by atoms with Crippen LogP contribution in [0.15, 0.2) is 36.4 Å². The molecule has 3 aromatic rings. The van der Waals surface area contributed by atoms with E-state index in [1.165, 1.54) is 27.8 Å². The van der Waals surface area contributed by atoms with Crippen molar-refractivity contribution in [1.82, 2.24) is 0 Å². The Morgan fingerprint density at radius 1 is 0.556 bits per heavy atom. The SMILES string of the molecule is CC(C)c1cccc(C(C)C)c1N([Si](C)(C)C)[Si](O)(O)O[Si](O)(O)N(c1c(C(C)C)cccc1C(C)C)[Si](C)(C)C.Cc1c(C)c(C)[c-](C)c1C.[O]=[Mo]=[O]. The molecule has 4 N–H and O–H groups in total. The summed E-state index contributed by atoms with van der Waals surface area (Å²) in [5.41, 5.74) is 12.8. The summed E-state index contributed by atoms with van der Waals surface area (Å²) < 4.78 is 26.4. The van der Waals surface area contributed by atoms with Gasteiger partial charge in [-0.25, -0.2) is 0 Å². The van der Waals surface area contributed by atoms with Crippen molar-refractivity contribution in [2.24, 2.45) is 0 Å². The van der Waals surface area contributed by atoms with E-state index >= 15 is 0 Å². The third-order valence-electron chi connectivity index (χ3n) is 10.1. The summed E-state index contributed by atoms with van der Waals surface area (Å²) in [7, 11) is -15.0. The molecule has 306 valence electrons. The average Bonchev–Trinajstić information content (AvgIpc) is 3.16. The van der Waals surface area contributed by atoms with Crippen molar-refractivity contribution in [1.29, 1.82) is 0 Å². The molecule has 0 atom stereocenters. The zero-order valence-electron chi connectivity index (χ0n) is 36.6. The Labute approximate surface area is 340 Å². The van der Waals surface area contributed by atoms with E-state index in [0.717, 1.165) is 33.6 Å². The molecular weight excluding hydrogens is 829 g/mol. The molecule has 3 aromatic carbocycles. The molecule has 0 heterocycles. The fourth-order valence-corrected chi connectivity index (χ4v) is 20.0. The van der Waals surface area contributed by atoms with E-state index in [4.69, 9.17) is 10.9 Å². The number of rotatable bonds is 12. The molecule has 9 nitrogen and oxygen atoms in total. The predicted molar refractivity (Wildman–Crippen MR) is 229 cm³/mol. The predicted octanol–water partition coefficient (Wildman–Crippen LogP) is 9.73. The van der Waals surface area contributed by atoms with Gasteiger partial charge in [-0.15, -0.1) is 0 Å². The van der Waals surface area contributed by atoms with E-state index in [9.17, 15) is 19.2 Å². The molecule has 3 rings (SSSR count). The standard InChI is InChI=1S/C30H56N2O5Si4.C10H15.Mo.2O/c1-21(2)25-17-15-18-26(22(3)4)29(25)31(38(9,10)11)40(33,34)37-41(35,36)32(39(12,13)14)30-27(23(5)6)19-16-20-28(30)24(7)8;1-6-7(2)9(4)10(5)8(6)3;;;/h15-24,33-36H,1-14H3;1-5H3;;;/q;-1;;;. The molecule has 0 saturated heterocycles. The van der Waals surface area contributed by atoms with E-state index < -0.39 is 52.9 Å². The first kappa shape index (κ1) is 50.4. The first-order valence-electron chi connectivity index (χ1n) is 19.0. The van der Waals surface area contributed by atoms with Gasteiger partial charge < -0.3 is 31.8 Å². The number of benzene rings is 2. The molecule has 0 aromatic heterocycles. The van der Waals surface area contributed by atoms with Gasteiger partial charge in [0, 0.05) is 11.4 Å². The van der Waals surface area contributed by atoms with Gasteiger partial charge in [-0.3, -0.25) is 0 Å². The Hall–Kier alpha value is -1.65. The van der Waals surface area contributed by atoms with Gasteiger partial charge in [0.15, 0.2) is 0 Å². The maximum atomic E-state index is 12.1. The molecule has 0 saturated carbocycles. The molecule has 0 aliphatic carbocycles. The van der Waals surface area contributed by atoms with E-state index in [0.29, 0.717) is 0 Å². The van der Waals surface area contributed by atoms with Crippen LogP contribution in [0.1, 0.15) is 129 Å². The molecule has 0 amide bonds. The second-order valence-corrected chi connectivity index (χ2v) is 32.5. The minimum absolute atomic E-state index is 0.114. The summed E-state index contributed by atoms with van der Waals surface area (Å²) in [6.45, 7) is 39.9. The Kier molecular flexibility index (Phi) is 18.3. The van der Waals surface area contributed by atoms with Gasteiger partial charge in [-0.1, -0.05) is 166 Å². The van der Waals surface area contributed by atoms with Gasteiger partial charge in [-0.2, -0.15) is 27.8 Å². The maximum absolute atomic E-state index is 12.1. The van der Waals surface area contributed by atoms with Crippen LogP contribution in [0.2, 0.25) is 39.3 Å². The third-order valence-corrected chi connectivity index (χ3v) is 22.8. The van der Waals surface area contributed by atoms with E-state index in [-0.39, 0.29) is 23.7 Å². The summed E-state index contributed by atoms with van der Waals surface area (Å²) in [5, 5.41) is 0. The van der Waals surface area contributed by atoms with Crippen molar-refractivity contribution in [3.05, 3.63) is 86.5 Å². The minimum atomic E-state index is -4.93. The number of nitrogens with zero attached hydrogens (tertiary/aromatic N) is 2. The van der Waals surface area contributed by atoms with Crippen molar-refractivity contribution in [3.8, 4) is 0 Å². The Bertz CT molecular complexity index is 1510. The van der Waals surface area contributed by atoms with Crippen LogP contribution in [0.3, 0.4) is 0 Å². The normalized spacial score (nSPS) is 12.5. The molecule has 54 heavy (non-hydrogen) atoms. The molecule has 0 spiro atoms. The summed E-state index contributed by atoms with van der Waals surface area (Å²) in [6, 6.07) is 12.1. The van der Waals surface area contributed by atoms with E-state index in [2.05, 4.69) is 90.0 Å². The van der Waals surface area contributed by atoms with Crippen LogP contribution < -0.4 is 8.46 Å².